The molecule has 3 N–H and O–H groups in total. The highest BCUT2D eigenvalue weighted by molar-refractivity contribution is 7.99. The summed E-state index contributed by atoms with van der Waals surface area (Å²) in [5.74, 6) is 0.799. The lowest BCUT2D eigenvalue weighted by Crippen LogP contribution is -2.14. The summed E-state index contributed by atoms with van der Waals surface area (Å²) in [5, 5.41) is 12.4. The van der Waals surface area contributed by atoms with Gasteiger partial charge in [-0.15, -0.1) is 10.2 Å². The number of aryl methyl sites for hydroxylation is 2. The second-order valence-corrected chi connectivity index (χ2v) is 8.26. The van der Waals surface area contributed by atoms with Gasteiger partial charge < -0.3 is 11.1 Å². The van der Waals surface area contributed by atoms with Crippen LogP contribution in [0.5, 0.6) is 0 Å². The van der Waals surface area contributed by atoms with Gasteiger partial charge in [0.25, 0.3) is 0 Å². The van der Waals surface area contributed by atoms with Crippen LogP contribution in [0.4, 0.5) is 11.4 Å². The van der Waals surface area contributed by atoms with Gasteiger partial charge in [0, 0.05) is 22.6 Å². The number of carbonyl (C=O) groups is 1. The molecule has 0 radical (unpaired) electrons. The number of anilines is 2. The molecule has 156 valence electrons. The zero-order valence-corrected chi connectivity index (χ0v) is 18.2. The van der Waals surface area contributed by atoms with Crippen molar-refractivity contribution >= 4 is 29.0 Å². The number of hydrogen-bond donors (Lipinski definition) is 2. The van der Waals surface area contributed by atoms with Gasteiger partial charge in [0.2, 0.25) is 5.91 Å². The van der Waals surface area contributed by atoms with Gasteiger partial charge >= 0.3 is 0 Å². The molecule has 1 amide bonds. The van der Waals surface area contributed by atoms with Crippen LogP contribution >= 0.6 is 11.8 Å². The number of nitrogens with zero attached hydrogens (tertiary/aromatic N) is 3. The van der Waals surface area contributed by atoms with Crippen molar-refractivity contribution in [3.63, 3.8) is 0 Å². The molecule has 0 aliphatic heterocycles. The van der Waals surface area contributed by atoms with E-state index in [9.17, 15) is 4.79 Å². The summed E-state index contributed by atoms with van der Waals surface area (Å²) < 4.78 is 1.95. The fourth-order valence-corrected chi connectivity index (χ4v) is 4.16. The smallest absolute Gasteiger partial charge is 0.234 e. The number of thioether (sulfide) groups is 1. The zero-order valence-electron chi connectivity index (χ0n) is 17.4. The predicted molar refractivity (Wildman–Crippen MR) is 126 cm³/mol. The molecule has 0 saturated carbocycles. The molecule has 0 saturated heterocycles. The summed E-state index contributed by atoms with van der Waals surface area (Å²) >= 11 is 1.34. The number of nitrogen functional groups attached to an aromatic ring is 1. The van der Waals surface area contributed by atoms with Crippen molar-refractivity contribution in [1.29, 1.82) is 0 Å². The Hall–Kier alpha value is -3.58. The maximum atomic E-state index is 12.6. The van der Waals surface area contributed by atoms with E-state index in [1.54, 1.807) is 0 Å². The standard InChI is InChI=1S/C24H23N5OS/c1-16-11-17(2)13-20(12-16)26-22(30)15-31-24-28-27-23(18-7-6-8-19(25)14-18)29(24)21-9-4-3-5-10-21/h3-14H,15,25H2,1-2H3,(H,26,30). The van der Waals surface area contributed by atoms with Crippen LogP contribution in [-0.2, 0) is 4.79 Å². The lowest BCUT2D eigenvalue weighted by atomic mass is 10.1. The Morgan fingerprint density at radius 1 is 0.968 bits per heavy atom. The highest BCUT2D eigenvalue weighted by Crippen LogP contribution is 2.29. The van der Waals surface area contributed by atoms with Gasteiger partial charge in [0.15, 0.2) is 11.0 Å². The van der Waals surface area contributed by atoms with Gasteiger partial charge in [-0.3, -0.25) is 9.36 Å². The third kappa shape index (κ3) is 4.95. The lowest BCUT2D eigenvalue weighted by Gasteiger charge is -2.11. The van der Waals surface area contributed by atoms with Crippen LogP contribution in [0.15, 0.2) is 78.0 Å². The third-order valence-corrected chi connectivity index (χ3v) is 5.56. The molecule has 4 rings (SSSR count). The number of hydrogen-bond acceptors (Lipinski definition) is 5. The summed E-state index contributed by atoms with van der Waals surface area (Å²) in [6.45, 7) is 4.02. The normalized spacial score (nSPS) is 10.8. The predicted octanol–water partition coefficient (Wildman–Crippen LogP) is 4.86. The van der Waals surface area contributed by atoms with Crippen molar-refractivity contribution in [2.45, 2.75) is 19.0 Å². The Morgan fingerprint density at radius 2 is 1.71 bits per heavy atom. The summed E-state index contributed by atoms with van der Waals surface area (Å²) in [6.07, 6.45) is 0. The molecule has 7 heteroatoms. The monoisotopic (exact) mass is 429 g/mol. The van der Waals surface area contributed by atoms with Gasteiger partial charge in [-0.05, 0) is 61.4 Å². The number of nitrogens with one attached hydrogen (secondary N) is 1. The number of aromatic nitrogens is 3. The van der Waals surface area contributed by atoms with E-state index < -0.39 is 0 Å². The Balaban J connectivity index is 1.59. The van der Waals surface area contributed by atoms with E-state index in [0.717, 1.165) is 28.1 Å². The molecular weight excluding hydrogens is 406 g/mol. The van der Waals surface area contributed by atoms with E-state index in [-0.39, 0.29) is 11.7 Å². The molecule has 0 aliphatic carbocycles. The molecule has 0 fully saturated rings. The van der Waals surface area contributed by atoms with E-state index in [0.29, 0.717) is 16.7 Å². The summed E-state index contributed by atoms with van der Waals surface area (Å²) in [5.41, 5.74) is 11.4. The first-order valence-electron chi connectivity index (χ1n) is 9.87. The molecule has 31 heavy (non-hydrogen) atoms. The molecule has 3 aromatic carbocycles. The van der Waals surface area contributed by atoms with E-state index >= 15 is 0 Å². The zero-order chi connectivity index (χ0) is 21.8. The van der Waals surface area contributed by atoms with Gasteiger partial charge in [-0.25, -0.2) is 0 Å². The first-order chi connectivity index (χ1) is 15.0. The van der Waals surface area contributed by atoms with Crippen molar-refractivity contribution in [3.05, 3.63) is 83.9 Å². The van der Waals surface area contributed by atoms with Crippen molar-refractivity contribution < 1.29 is 4.79 Å². The van der Waals surface area contributed by atoms with E-state index in [2.05, 4.69) is 21.6 Å². The summed E-state index contributed by atoms with van der Waals surface area (Å²) in [7, 11) is 0. The first kappa shape index (κ1) is 20.7. The molecular formula is C24H23N5OS. The molecule has 0 aliphatic rings. The molecule has 0 spiro atoms. The fourth-order valence-electron chi connectivity index (χ4n) is 3.41. The highest BCUT2D eigenvalue weighted by Gasteiger charge is 2.17. The Morgan fingerprint density at radius 3 is 2.42 bits per heavy atom. The van der Waals surface area contributed by atoms with Crippen LogP contribution in [0, 0.1) is 13.8 Å². The van der Waals surface area contributed by atoms with Crippen LogP contribution in [0.3, 0.4) is 0 Å². The SMILES string of the molecule is Cc1cc(C)cc(NC(=O)CSc2nnc(-c3cccc(N)c3)n2-c2ccccc2)c1. The van der Waals surface area contributed by atoms with E-state index in [4.69, 9.17) is 5.73 Å². The average Bonchev–Trinajstić information content (AvgIpc) is 3.16. The lowest BCUT2D eigenvalue weighted by molar-refractivity contribution is -0.113. The second kappa shape index (κ2) is 9.06. The van der Waals surface area contributed by atoms with Crippen molar-refractivity contribution in [3.8, 4) is 17.1 Å². The molecule has 0 unspecified atom stereocenters. The van der Waals surface area contributed by atoms with Crippen LogP contribution in [-0.4, -0.2) is 26.4 Å². The molecule has 4 aromatic rings. The number of nitrogens with two attached hydrogens (primary N) is 1. The topological polar surface area (TPSA) is 85.8 Å². The van der Waals surface area contributed by atoms with Crippen LogP contribution < -0.4 is 11.1 Å². The summed E-state index contributed by atoms with van der Waals surface area (Å²) in [6, 6.07) is 23.4. The molecule has 0 bridgehead atoms. The maximum Gasteiger partial charge on any atom is 0.234 e. The molecule has 1 aromatic heterocycles. The number of rotatable bonds is 6. The first-order valence-corrected chi connectivity index (χ1v) is 10.9. The molecule has 0 atom stereocenters. The van der Waals surface area contributed by atoms with Crippen LogP contribution in [0.1, 0.15) is 11.1 Å². The summed E-state index contributed by atoms with van der Waals surface area (Å²) in [4.78, 5) is 12.6. The third-order valence-electron chi connectivity index (χ3n) is 4.63. The van der Waals surface area contributed by atoms with Crippen molar-refractivity contribution in [2.75, 3.05) is 16.8 Å². The molecule has 6 nitrogen and oxygen atoms in total. The molecule has 1 heterocycles. The largest absolute Gasteiger partial charge is 0.399 e. The minimum atomic E-state index is -0.0943. The minimum Gasteiger partial charge on any atom is -0.399 e. The van der Waals surface area contributed by atoms with Crippen LogP contribution in [0.25, 0.3) is 17.1 Å². The van der Waals surface area contributed by atoms with Gasteiger partial charge in [0.05, 0.1) is 5.75 Å². The Labute approximate surface area is 185 Å². The number of carbonyl (C=O) groups excluding carboxylic acids is 1. The fraction of sp³-hybridized carbons (Fsp3) is 0.125. The Bertz CT molecular complexity index is 1200. The number of amides is 1. The Kier molecular flexibility index (Phi) is 6.04. The second-order valence-electron chi connectivity index (χ2n) is 7.32. The van der Waals surface area contributed by atoms with Gasteiger partial charge in [-0.2, -0.15) is 0 Å². The quantitative estimate of drug-likeness (QED) is 0.338. The van der Waals surface area contributed by atoms with Crippen molar-refractivity contribution in [2.24, 2.45) is 0 Å². The minimum absolute atomic E-state index is 0.0943. The highest BCUT2D eigenvalue weighted by atomic mass is 32.2. The van der Waals surface area contributed by atoms with E-state index in [1.165, 1.54) is 11.8 Å². The van der Waals surface area contributed by atoms with Gasteiger partial charge in [-0.1, -0.05) is 48.2 Å². The van der Waals surface area contributed by atoms with Crippen LogP contribution in [0.2, 0.25) is 0 Å². The maximum absolute atomic E-state index is 12.6. The average molecular weight is 430 g/mol. The number of para-hydroxylation sites is 1. The van der Waals surface area contributed by atoms with Crippen molar-refractivity contribution in [1.82, 2.24) is 14.8 Å². The number of benzene rings is 3. The van der Waals surface area contributed by atoms with Gasteiger partial charge in [0.1, 0.15) is 0 Å². The van der Waals surface area contributed by atoms with E-state index in [1.807, 2.05) is 85.1 Å².